The molecule has 2 aliphatic heterocycles. The number of nitrogens with two attached hydrogens (primary N) is 1. The maximum Gasteiger partial charge on any atom is 0.327 e. The summed E-state index contributed by atoms with van der Waals surface area (Å²) in [6.07, 6.45) is 0. The standard InChI is InChI=1S/C6H8N2O3S2/c7-3-4(9)8-2(6(10)11)1-12-13-5(3)8/h2-3,5H,1,7H2,(H,10,11)/t2?,3?,5-/m0/s1. The number of fused-ring (bicyclic) bond motifs is 1. The topological polar surface area (TPSA) is 83.6 Å². The van der Waals surface area contributed by atoms with Crippen molar-refractivity contribution in [1.82, 2.24) is 4.90 Å². The number of carboxylic acid groups (broad SMARTS) is 1. The predicted molar refractivity (Wildman–Crippen MR) is 50.1 cm³/mol. The van der Waals surface area contributed by atoms with Crippen molar-refractivity contribution in [3.63, 3.8) is 0 Å². The van der Waals surface area contributed by atoms with Crippen LogP contribution in [0.3, 0.4) is 0 Å². The van der Waals surface area contributed by atoms with Crippen molar-refractivity contribution in [2.75, 3.05) is 5.75 Å². The number of β-lactam (4-membered cyclic amide) rings is 1. The molecule has 0 bridgehead atoms. The summed E-state index contributed by atoms with van der Waals surface area (Å²) in [5, 5.41) is 8.66. The van der Waals surface area contributed by atoms with Crippen LogP contribution in [0.4, 0.5) is 0 Å². The van der Waals surface area contributed by atoms with E-state index in [0.717, 1.165) is 0 Å². The van der Waals surface area contributed by atoms with Crippen molar-refractivity contribution < 1.29 is 14.7 Å². The third-order valence-electron chi connectivity index (χ3n) is 2.13. The van der Waals surface area contributed by atoms with Gasteiger partial charge in [0.25, 0.3) is 0 Å². The van der Waals surface area contributed by atoms with E-state index >= 15 is 0 Å². The molecule has 3 N–H and O–H groups in total. The zero-order chi connectivity index (χ0) is 9.59. The number of carboxylic acids is 1. The molecule has 0 aromatic rings. The third kappa shape index (κ3) is 1.22. The van der Waals surface area contributed by atoms with Crippen LogP contribution < -0.4 is 5.73 Å². The Balaban J connectivity index is 2.16. The lowest BCUT2D eigenvalue weighted by Gasteiger charge is -2.49. The fourth-order valence-corrected chi connectivity index (χ4v) is 4.30. The predicted octanol–water partition coefficient (Wildman–Crippen LogP) is -0.670. The third-order valence-corrected chi connectivity index (χ3v) is 4.85. The van der Waals surface area contributed by atoms with E-state index in [1.807, 2.05) is 0 Å². The Morgan fingerprint density at radius 2 is 2.38 bits per heavy atom. The maximum absolute atomic E-state index is 11.2. The summed E-state index contributed by atoms with van der Waals surface area (Å²) in [5.74, 6) is -0.752. The monoisotopic (exact) mass is 220 g/mol. The van der Waals surface area contributed by atoms with Crippen LogP contribution in [-0.2, 0) is 9.59 Å². The highest BCUT2D eigenvalue weighted by molar-refractivity contribution is 8.77. The normalized spacial score (nSPS) is 38.1. The number of carbonyl (C=O) groups is 2. The van der Waals surface area contributed by atoms with Gasteiger partial charge in [-0.15, -0.1) is 0 Å². The van der Waals surface area contributed by atoms with Crippen molar-refractivity contribution in [3.05, 3.63) is 0 Å². The molecule has 2 unspecified atom stereocenters. The van der Waals surface area contributed by atoms with Gasteiger partial charge in [-0.05, 0) is 0 Å². The highest BCUT2D eigenvalue weighted by atomic mass is 33.1. The smallest absolute Gasteiger partial charge is 0.327 e. The van der Waals surface area contributed by atoms with Crippen LogP contribution in [0.5, 0.6) is 0 Å². The minimum Gasteiger partial charge on any atom is -0.480 e. The quantitative estimate of drug-likeness (QED) is 0.450. The Bertz CT molecular complexity index is 273. The van der Waals surface area contributed by atoms with Crippen LogP contribution in [0.2, 0.25) is 0 Å². The zero-order valence-corrected chi connectivity index (χ0v) is 8.18. The van der Waals surface area contributed by atoms with Crippen LogP contribution in [0.1, 0.15) is 0 Å². The lowest BCUT2D eigenvalue weighted by atomic mass is 10.1. The Kier molecular flexibility index (Phi) is 2.17. The molecule has 72 valence electrons. The van der Waals surface area contributed by atoms with Crippen molar-refractivity contribution in [2.24, 2.45) is 5.73 Å². The van der Waals surface area contributed by atoms with Crippen LogP contribution in [-0.4, -0.2) is 45.1 Å². The van der Waals surface area contributed by atoms with E-state index in [9.17, 15) is 9.59 Å². The molecule has 2 aliphatic rings. The van der Waals surface area contributed by atoms with Crippen LogP contribution in [0.15, 0.2) is 0 Å². The maximum atomic E-state index is 11.2. The number of carbonyl (C=O) groups excluding carboxylic acids is 1. The summed E-state index contributed by atoms with van der Waals surface area (Å²) in [7, 11) is 2.94. The first-order valence-corrected chi connectivity index (χ1v) is 6.10. The van der Waals surface area contributed by atoms with E-state index in [0.29, 0.717) is 5.75 Å². The first-order valence-electron chi connectivity index (χ1n) is 3.72. The van der Waals surface area contributed by atoms with Gasteiger partial charge in [-0.1, -0.05) is 21.6 Å². The molecule has 5 nitrogen and oxygen atoms in total. The van der Waals surface area contributed by atoms with Crippen molar-refractivity contribution in [3.8, 4) is 0 Å². The molecule has 0 aliphatic carbocycles. The lowest BCUT2D eigenvalue weighted by molar-refractivity contribution is -0.158. The molecule has 0 aromatic carbocycles. The van der Waals surface area contributed by atoms with Crippen molar-refractivity contribution in [2.45, 2.75) is 17.5 Å². The molecule has 3 atom stereocenters. The Morgan fingerprint density at radius 3 is 3.00 bits per heavy atom. The lowest BCUT2D eigenvalue weighted by Crippen LogP contribution is -2.72. The van der Waals surface area contributed by atoms with Gasteiger partial charge in [0.05, 0.1) is 0 Å². The Labute approximate surface area is 82.4 Å². The highest BCUT2D eigenvalue weighted by Crippen LogP contribution is 2.43. The van der Waals surface area contributed by atoms with Gasteiger partial charge in [-0.2, -0.15) is 0 Å². The van der Waals surface area contributed by atoms with Crippen LogP contribution in [0.25, 0.3) is 0 Å². The van der Waals surface area contributed by atoms with Crippen molar-refractivity contribution >= 4 is 33.5 Å². The van der Waals surface area contributed by atoms with Crippen LogP contribution in [0, 0.1) is 0 Å². The first-order chi connectivity index (χ1) is 6.13. The average Bonchev–Trinajstić information content (AvgIpc) is 2.15. The van der Waals surface area contributed by atoms with Gasteiger partial charge in [0.2, 0.25) is 5.91 Å². The molecule has 0 radical (unpaired) electrons. The average molecular weight is 220 g/mol. The summed E-state index contributed by atoms with van der Waals surface area (Å²) in [6, 6.07) is -1.21. The number of amides is 1. The molecule has 2 fully saturated rings. The number of aliphatic carboxylic acids is 1. The summed E-state index contributed by atoms with van der Waals surface area (Å²) in [5.41, 5.74) is 5.52. The van der Waals surface area contributed by atoms with Gasteiger partial charge >= 0.3 is 5.97 Å². The van der Waals surface area contributed by atoms with E-state index in [1.165, 1.54) is 26.5 Å². The molecule has 1 amide bonds. The fraction of sp³-hybridized carbons (Fsp3) is 0.667. The van der Waals surface area contributed by atoms with Gasteiger partial charge in [0.1, 0.15) is 17.5 Å². The SMILES string of the molecule is NC1C(=O)N2C(C(=O)O)CSS[C@@H]12. The highest BCUT2D eigenvalue weighted by Gasteiger charge is 2.53. The molecule has 2 rings (SSSR count). The summed E-state index contributed by atoms with van der Waals surface area (Å²) in [6.45, 7) is 0. The number of nitrogens with zero attached hydrogens (tertiary/aromatic N) is 1. The fourth-order valence-electron chi connectivity index (χ4n) is 1.39. The van der Waals surface area contributed by atoms with Gasteiger partial charge in [0, 0.05) is 5.75 Å². The van der Waals surface area contributed by atoms with Crippen LogP contribution >= 0.6 is 21.6 Å². The summed E-state index contributed by atoms with van der Waals surface area (Å²) in [4.78, 5) is 23.3. The molecule has 0 aromatic heterocycles. The van der Waals surface area contributed by atoms with E-state index in [-0.39, 0.29) is 11.3 Å². The summed E-state index contributed by atoms with van der Waals surface area (Å²) >= 11 is 0. The summed E-state index contributed by atoms with van der Waals surface area (Å²) < 4.78 is 0. The largest absolute Gasteiger partial charge is 0.480 e. The van der Waals surface area contributed by atoms with E-state index in [1.54, 1.807) is 0 Å². The Morgan fingerprint density at radius 1 is 1.69 bits per heavy atom. The molecular weight excluding hydrogens is 212 g/mol. The number of hydrogen-bond acceptors (Lipinski definition) is 5. The molecule has 0 spiro atoms. The second-order valence-corrected chi connectivity index (χ2v) is 5.43. The molecule has 13 heavy (non-hydrogen) atoms. The molecule has 7 heteroatoms. The van der Waals surface area contributed by atoms with E-state index in [4.69, 9.17) is 10.8 Å². The second kappa shape index (κ2) is 3.07. The van der Waals surface area contributed by atoms with Gasteiger partial charge < -0.3 is 15.7 Å². The van der Waals surface area contributed by atoms with Gasteiger partial charge in [-0.3, -0.25) is 4.79 Å². The second-order valence-electron chi connectivity index (χ2n) is 2.90. The van der Waals surface area contributed by atoms with Crippen molar-refractivity contribution in [1.29, 1.82) is 0 Å². The number of rotatable bonds is 1. The first kappa shape index (κ1) is 9.17. The molecule has 2 saturated heterocycles. The van der Waals surface area contributed by atoms with E-state index in [2.05, 4.69) is 0 Å². The minimum atomic E-state index is -0.946. The minimum absolute atomic E-state index is 0.146. The van der Waals surface area contributed by atoms with Gasteiger partial charge in [-0.25, -0.2) is 4.79 Å². The van der Waals surface area contributed by atoms with Gasteiger partial charge in [0.15, 0.2) is 0 Å². The Hall–Kier alpha value is -0.400. The molecular formula is C6H8N2O3S2. The molecule has 2 heterocycles. The zero-order valence-electron chi connectivity index (χ0n) is 6.54. The number of hydrogen-bond donors (Lipinski definition) is 2. The molecule has 0 saturated carbocycles. The van der Waals surface area contributed by atoms with E-state index < -0.39 is 18.1 Å².